The number of benzene rings is 1. The number of nitrogen functional groups attached to an aromatic ring is 1. The van der Waals surface area contributed by atoms with E-state index in [4.69, 9.17) is 10.8 Å². The van der Waals surface area contributed by atoms with Crippen LogP contribution in [0.25, 0.3) is 22.3 Å². The molecule has 10 heteroatoms. The molecule has 3 aromatic rings. The standard InChI is InChI=1S/C20H22N8OS/c1-11-8-23-20(30-11)26-19(29)13-4-2-12(3-5-13)16-15-17(21)24-10-25-18(15)28(27-16)14-6-7-22-9-14/h2-5,8,10,14,20,22-23H,6-7,9H2,1H3,(H,26,29)(H2,21,24,25)/t14-,20?/m1/s1. The van der Waals surface area contributed by atoms with Gasteiger partial charge in [-0.1, -0.05) is 23.9 Å². The Hall–Kier alpha value is -3.11. The molecule has 154 valence electrons. The molecule has 1 amide bonds. The molecule has 0 radical (unpaired) electrons. The van der Waals surface area contributed by atoms with Crippen LogP contribution < -0.4 is 21.7 Å². The molecule has 2 atom stereocenters. The predicted molar refractivity (Wildman–Crippen MR) is 117 cm³/mol. The number of rotatable bonds is 4. The van der Waals surface area contributed by atoms with Crippen LogP contribution in [0.5, 0.6) is 0 Å². The monoisotopic (exact) mass is 422 g/mol. The number of hydrogen-bond acceptors (Lipinski definition) is 8. The molecule has 9 nitrogen and oxygen atoms in total. The molecule has 1 unspecified atom stereocenters. The Balaban J connectivity index is 1.45. The molecule has 2 aliphatic rings. The minimum Gasteiger partial charge on any atom is -0.383 e. The van der Waals surface area contributed by atoms with Crippen molar-refractivity contribution in [3.63, 3.8) is 0 Å². The molecule has 5 rings (SSSR count). The van der Waals surface area contributed by atoms with E-state index in [1.807, 2.05) is 29.9 Å². The van der Waals surface area contributed by atoms with Crippen molar-refractivity contribution in [2.45, 2.75) is 24.9 Å². The zero-order valence-corrected chi connectivity index (χ0v) is 17.2. The Morgan fingerprint density at radius 3 is 2.83 bits per heavy atom. The molecule has 0 aliphatic carbocycles. The highest BCUT2D eigenvalue weighted by molar-refractivity contribution is 8.03. The van der Waals surface area contributed by atoms with Gasteiger partial charge in [0.05, 0.1) is 11.4 Å². The summed E-state index contributed by atoms with van der Waals surface area (Å²) in [6, 6.07) is 7.60. The zero-order valence-electron chi connectivity index (χ0n) is 16.4. The minimum atomic E-state index is -0.145. The van der Waals surface area contributed by atoms with Crippen LogP contribution in [0.2, 0.25) is 0 Å². The van der Waals surface area contributed by atoms with E-state index in [1.165, 1.54) is 6.33 Å². The molecule has 0 spiro atoms. The number of carbonyl (C=O) groups excluding carboxylic acids is 1. The highest BCUT2D eigenvalue weighted by Crippen LogP contribution is 2.33. The van der Waals surface area contributed by atoms with Crippen LogP contribution >= 0.6 is 11.8 Å². The Bertz CT molecular complexity index is 1130. The summed E-state index contributed by atoms with van der Waals surface area (Å²) in [6.45, 7) is 3.80. The van der Waals surface area contributed by atoms with E-state index in [2.05, 4.69) is 25.9 Å². The van der Waals surface area contributed by atoms with Crippen molar-refractivity contribution in [1.29, 1.82) is 0 Å². The Morgan fingerprint density at radius 1 is 1.30 bits per heavy atom. The first-order valence-corrected chi connectivity index (χ1v) is 10.7. The van der Waals surface area contributed by atoms with Crippen molar-refractivity contribution >= 4 is 34.5 Å². The fourth-order valence-corrected chi connectivity index (χ4v) is 4.61. The van der Waals surface area contributed by atoms with Crippen LogP contribution in [0.15, 0.2) is 41.7 Å². The average Bonchev–Trinajstić information content (AvgIpc) is 3.48. The van der Waals surface area contributed by atoms with Crippen LogP contribution in [0.1, 0.15) is 29.7 Å². The number of allylic oxidation sites excluding steroid dienone is 1. The van der Waals surface area contributed by atoms with Crippen LogP contribution in [0.3, 0.4) is 0 Å². The fraction of sp³-hybridized carbons (Fsp3) is 0.300. The molecule has 4 heterocycles. The molecule has 30 heavy (non-hydrogen) atoms. The van der Waals surface area contributed by atoms with Crippen molar-refractivity contribution in [3.05, 3.63) is 47.3 Å². The van der Waals surface area contributed by atoms with Crippen molar-refractivity contribution in [2.75, 3.05) is 18.8 Å². The highest BCUT2D eigenvalue weighted by atomic mass is 32.2. The van der Waals surface area contributed by atoms with Gasteiger partial charge in [-0.3, -0.25) is 4.79 Å². The van der Waals surface area contributed by atoms with Crippen LogP contribution in [0.4, 0.5) is 5.82 Å². The van der Waals surface area contributed by atoms with Crippen LogP contribution in [-0.4, -0.2) is 44.2 Å². The number of carbonyl (C=O) groups is 1. The number of aromatic nitrogens is 4. The van der Waals surface area contributed by atoms with Crippen LogP contribution in [0, 0.1) is 0 Å². The number of anilines is 1. The molecule has 1 fully saturated rings. The summed E-state index contributed by atoms with van der Waals surface area (Å²) in [4.78, 5) is 22.3. The fourth-order valence-electron chi connectivity index (χ4n) is 3.80. The topological polar surface area (TPSA) is 123 Å². The van der Waals surface area contributed by atoms with Crippen molar-refractivity contribution in [2.24, 2.45) is 0 Å². The highest BCUT2D eigenvalue weighted by Gasteiger charge is 2.24. The lowest BCUT2D eigenvalue weighted by atomic mass is 10.1. The first-order valence-electron chi connectivity index (χ1n) is 9.80. The summed E-state index contributed by atoms with van der Waals surface area (Å²) < 4.78 is 1.95. The number of nitrogens with zero attached hydrogens (tertiary/aromatic N) is 4. The third-order valence-corrected chi connectivity index (χ3v) is 6.30. The molecule has 5 N–H and O–H groups in total. The first-order chi connectivity index (χ1) is 14.6. The van der Waals surface area contributed by atoms with E-state index < -0.39 is 0 Å². The lowest BCUT2D eigenvalue weighted by Crippen LogP contribution is -2.38. The third kappa shape index (κ3) is 3.37. The van der Waals surface area contributed by atoms with Gasteiger partial charge in [0.15, 0.2) is 11.1 Å². The quantitative estimate of drug-likeness (QED) is 0.502. The zero-order chi connectivity index (χ0) is 20.7. The molecule has 1 saturated heterocycles. The Labute approximate surface area is 177 Å². The van der Waals surface area contributed by atoms with E-state index in [1.54, 1.807) is 23.9 Å². The predicted octanol–water partition coefficient (Wildman–Crippen LogP) is 1.82. The summed E-state index contributed by atoms with van der Waals surface area (Å²) in [7, 11) is 0. The third-order valence-electron chi connectivity index (χ3n) is 5.32. The number of nitrogens with two attached hydrogens (primary N) is 1. The maximum Gasteiger partial charge on any atom is 0.253 e. The average molecular weight is 423 g/mol. The van der Waals surface area contributed by atoms with Gasteiger partial charge in [-0.2, -0.15) is 5.10 Å². The SMILES string of the molecule is CC1=CNC(NC(=O)c2ccc(-c3nn([C@@H]4CCNC4)c4ncnc(N)c34)cc2)S1. The van der Waals surface area contributed by atoms with Gasteiger partial charge in [-0.25, -0.2) is 14.6 Å². The van der Waals surface area contributed by atoms with Crippen molar-refractivity contribution in [3.8, 4) is 11.3 Å². The molecule has 0 bridgehead atoms. The summed E-state index contributed by atoms with van der Waals surface area (Å²) in [5, 5.41) is 15.0. The Kier molecular flexibility index (Phi) is 4.80. The second-order valence-electron chi connectivity index (χ2n) is 7.37. The lowest BCUT2D eigenvalue weighted by Gasteiger charge is -2.13. The minimum absolute atomic E-state index is 0.134. The second-order valence-corrected chi connectivity index (χ2v) is 8.72. The van der Waals surface area contributed by atoms with E-state index in [9.17, 15) is 4.79 Å². The number of thioether (sulfide) groups is 1. The van der Waals surface area contributed by atoms with Gasteiger partial charge in [-0.15, -0.1) is 0 Å². The second kappa shape index (κ2) is 7.62. The lowest BCUT2D eigenvalue weighted by molar-refractivity contribution is 0.0948. The smallest absolute Gasteiger partial charge is 0.253 e. The first kappa shape index (κ1) is 18.9. The summed E-state index contributed by atoms with van der Waals surface area (Å²) >= 11 is 1.58. The van der Waals surface area contributed by atoms with E-state index in [-0.39, 0.29) is 17.4 Å². The summed E-state index contributed by atoms with van der Waals surface area (Å²) in [6.07, 6.45) is 4.36. The molecule has 2 aromatic heterocycles. The summed E-state index contributed by atoms with van der Waals surface area (Å²) in [5.41, 5.74) is 8.96. The molecule has 2 aliphatic heterocycles. The van der Waals surface area contributed by atoms with Gasteiger partial charge < -0.3 is 21.7 Å². The number of hydrogen-bond donors (Lipinski definition) is 4. The van der Waals surface area contributed by atoms with E-state index in [0.717, 1.165) is 46.7 Å². The molecule has 0 saturated carbocycles. The number of amides is 1. The molecular weight excluding hydrogens is 400 g/mol. The van der Waals surface area contributed by atoms with Gasteiger partial charge in [0.1, 0.15) is 17.8 Å². The van der Waals surface area contributed by atoms with Crippen molar-refractivity contribution in [1.82, 2.24) is 35.7 Å². The molecular formula is C20H22N8OS. The maximum absolute atomic E-state index is 12.5. The number of nitrogens with one attached hydrogen (secondary N) is 3. The van der Waals surface area contributed by atoms with Gasteiger partial charge >= 0.3 is 0 Å². The van der Waals surface area contributed by atoms with E-state index >= 15 is 0 Å². The van der Waals surface area contributed by atoms with E-state index in [0.29, 0.717) is 11.4 Å². The van der Waals surface area contributed by atoms with Gasteiger partial charge in [0, 0.05) is 28.8 Å². The summed E-state index contributed by atoms with van der Waals surface area (Å²) in [5.74, 6) is 0.270. The largest absolute Gasteiger partial charge is 0.383 e. The van der Waals surface area contributed by atoms with Crippen LogP contribution in [-0.2, 0) is 0 Å². The molecule has 1 aromatic carbocycles. The Morgan fingerprint density at radius 2 is 2.13 bits per heavy atom. The normalized spacial score (nSPS) is 20.9. The maximum atomic E-state index is 12.5. The van der Waals surface area contributed by atoms with Gasteiger partial charge in [-0.05, 0) is 32.0 Å². The van der Waals surface area contributed by atoms with Gasteiger partial charge in [0.25, 0.3) is 5.91 Å². The van der Waals surface area contributed by atoms with Crippen molar-refractivity contribution < 1.29 is 4.79 Å². The van der Waals surface area contributed by atoms with Gasteiger partial charge in [0.2, 0.25) is 0 Å². The number of fused-ring (bicyclic) bond motifs is 1.